The molecule has 1 unspecified atom stereocenters. The number of hydrogen-bond acceptors (Lipinski definition) is 1. The van der Waals surface area contributed by atoms with E-state index in [2.05, 4.69) is 38.1 Å². The molecule has 0 bridgehead atoms. The second-order valence-corrected chi connectivity index (χ2v) is 5.43. The molecule has 0 saturated heterocycles. The summed E-state index contributed by atoms with van der Waals surface area (Å²) in [6, 6.07) is 14.5. The Morgan fingerprint density at radius 2 is 1.68 bits per heavy atom. The van der Waals surface area contributed by atoms with Crippen molar-refractivity contribution in [2.45, 2.75) is 25.6 Å². The van der Waals surface area contributed by atoms with Crippen molar-refractivity contribution in [1.82, 2.24) is 0 Å². The van der Waals surface area contributed by atoms with Gasteiger partial charge in [0.15, 0.2) is 0 Å². The Balaban J connectivity index is 2.22. The molecule has 0 radical (unpaired) electrons. The zero-order valence-corrected chi connectivity index (χ0v) is 12.4. The summed E-state index contributed by atoms with van der Waals surface area (Å²) < 4.78 is 5.37. The van der Waals surface area contributed by atoms with E-state index >= 15 is 0 Å². The Hall–Kier alpha value is -1.47. The Labute approximate surface area is 120 Å². The molecule has 0 aliphatic heterocycles. The molecule has 2 rings (SSSR count). The zero-order chi connectivity index (χ0) is 13.8. The first-order chi connectivity index (χ1) is 9.10. The highest BCUT2D eigenvalue weighted by Crippen LogP contribution is 2.30. The fourth-order valence-electron chi connectivity index (χ4n) is 2.37. The molecule has 0 aromatic heterocycles. The van der Waals surface area contributed by atoms with Gasteiger partial charge in [-0.1, -0.05) is 47.5 Å². The fourth-order valence-corrected chi connectivity index (χ4v) is 2.67. The van der Waals surface area contributed by atoms with E-state index in [9.17, 15) is 0 Å². The Bertz CT molecular complexity index is 543. The summed E-state index contributed by atoms with van der Waals surface area (Å²) in [5, 5.41) is -0.0325. The van der Waals surface area contributed by atoms with E-state index in [1.165, 1.54) is 16.7 Å². The van der Waals surface area contributed by atoms with Gasteiger partial charge >= 0.3 is 0 Å². The number of hydrogen-bond donors (Lipinski definition) is 0. The van der Waals surface area contributed by atoms with E-state index in [0.29, 0.717) is 0 Å². The van der Waals surface area contributed by atoms with Gasteiger partial charge in [0.25, 0.3) is 0 Å². The Morgan fingerprint density at radius 1 is 1.05 bits per heavy atom. The Kier molecular flexibility index (Phi) is 4.49. The number of ether oxygens (including phenoxy) is 1. The third-order valence-electron chi connectivity index (χ3n) is 3.20. The van der Waals surface area contributed by atoms with E-state index in [-0.39, 0.29) is 5.38 Å². The lowest BCUT2D eigenvalue weighted by atomic mass is 10.00. The van der Waals surface area contributed by atoms with Gasteiger partial charge in [-0.05, 0) is 37.5 Å². The van der Waals surface area contributed by atoms with Crippen LogP contribution in [0.3, 0.4) is 0 Å². The van der Waals surface area contributed by atoms with Gasteiger partial charge < -0.3 is 4.74 Å². The minimum atomic E-state index is -0.0325. The molecule has 100 valence electrons. The predicted molar refractivity (Wildman–Crippen MR) is 81.2 cm³/mol. The number of alkyl halides is 1. The molecular formula is C17H19ClO. The molecule has 0 heterocycles. The smallest absolute Gasteiger partial charge is 0.122 e. The standard InChI is InChI=1S/C17H19ClO/c1-12-8-13(2)10-15(9-12)16(18)11-14-6-4-5-7-17(14)19-3/h4-10,16H,11H2,1-3H3. The summed E-state index contributed by atoms with van der Waals surface area (Å²) in [7, 11) is 1.69. The van der Waals surface area contributed by atoms with Crippen molar-refractivity contribution >= 4 is 11.6 Å². The van der Waals surface area contributed by atoms with Crippen LogP contribution in [0.2, 0.25) is 0 Å². The van der Waals surface area contributed by atoms with Gasteiger partial charge in [0, 0.05) is 0 Å². The molecule has 0 aliphatic carbocycles. The van der Waals surface area contributed by atoms with Gasteiger partial charge in [-0.15, -0.1) is 11.6 Å². The normalized spacial score (nSPS) is 12.2. The lowest BCUT2D eigenvalue weighted by Crippen LogP contribution is -1.99. The van der Waals surface area contributed by atoms with E-state index < -0.39 is 0 Å². The first-order valence-electron chi connectivity index (χ1n) is 6.44. The lowest BCUT2D eigenvalue weighted by molar-refractivity contribution is 0.409. The molecule has 0 fully saturated rings. The lowest BCUT2D eigenvalue weighted by Gasteiger charge is -2.14. The van der Waals surface area contributed by atoms with E-state index in [1.807, 2.05) is 18.2 Å². The fraction of sp³-hybridized carbons (Fsp3) is 0.294. The molecule has 0 aliphatic rings. The van der Waals surface area contributed by atoms with Crippen LogP contribution in [0.15, 0.2) is 42.5 Å². The van der Waals surface area contributed by atoms with Gasteiger partial charge in [0.05, 0.1) is 12.5 Å². The minimum absolute atomic E-state index is 0.0325. The van der Waals surface area contributed by atoms with Crippen molar-refractivity contribution in [1.29, 1.82) is 0 Å². The van der Waals surface area contributed by atoms with Gasteiger partial charge in [-0.25, -0.2) is 0 Å². The summed E-state index contributed by atoms with van der Waals surface area (Å²) in [6.45, 7) is 4.20. The topological polar surface area (TPSA) is 9.23 Å². The predicted octanol–water partition coefficient (Wildman–Crippen LogP) is 4.83. The quantitative estimate of drug-likeness (QED) is 0.725. The molecule has 2 heteroatoms. The third kappa shape index (κ3) is 3.51. The van der Waals surface area contributed by atoms with Gasteiger partial charge in [-0.3, -0.25) is 0 Å². The van der Waals surface area contributed by atoms with Crippen LogP contribution in [-0.4, -0.2) is 7.11 Å². The number of para-hydroxylation sites is 1. The highest BCUT2D eigenvalue weighted by atomic mass is 35.5. The van der Waals surface area contributed by atoms with E-state index in [0.717, 1.165) is 17.7 Å². The number of rotatable bonds is 4. The monoisotopic (exact) mass is 274 g/mol. The van der Waals surface area contributed by atoms with Crippen LogP contribution in [0.4, 0.5) is 0 Å². The number of halogens is 1. The zero-order valence-electron chi connectivity index (χ0n) is 11.6. The van der Waals surface area contributed by atoms with Crippen molar-refractivity contribution in [3.63, 3.8) is 0 Å². The number of benzene rings is 2. The molecule has 0 N–H and O–H groups in total. The van der Waals surface area contributed by atoms with Crippen LogP contribution in [0, 0.1) is 13.8 Å². The van der Waals surface area contributed by atoms with Gasteiger partial charge in [0.1, 0.15) is 5.75 Å². The summed E-state index contributed by atoms with van der Waals surface area (Å²) in [4.78, 5) is 0. The summed E-state index contributed by atoms with van der Waals surface area (Å²) in [6.07, 6.45) is 0.772. The summed E-state index contributed by atoms with van der Waals surface area (Å²) >= 11 is 6.56. The maximum atomic E-state index is 6.56. The van der Waals surface area contributed by atoms with Crippen molar-refractivity contribution in [3.8, 4) is 5.75 Å². The van der Waals surface area contributed by atoms with Crippen molar-refractivity contribution in [2.24, 2.45) is 0 Å². The molecular weight excluding hydrogens is 256 g/mol. The van der Waals surface area contributed by atoms with E-state index in [4.69, 9.17) is 16.3 Å². The maximum absolute atomic E-state index is 6.56. The number of aryl methyl sites for hydroxylation is 2. The van der Waals surface area contributed by atoms with Crippen molar-refractivity contribution < 1.29 is 4.74 Å². The van der Waals surface area contributed by atoms with Gasteiger partial charge in [-0.2, -0.15) is 0 Å². The highest BCUT2D eigenvalue weighted by Gasteiger charge is 2.12. The molecule has 0 spiro atoms. The second kappa shape index (κ2) is 6.12. The highest BCUT2D eigenvalue weighted by molar-refractivity contribution is 6.21. The molecule has 1 atom stereocenters. The van der Waals surface area contributed by atoms with Crippen molar-refractivity contribution in [2.75, 3.05) is 7.11 Å². The molecule has 2 aromatic carbocycles. The first kappa shape index (κ1) is 14.0. The molecule has 0 amide bonds. The third-order valence-corrected chi connectivity index (χ3v) is 3.60. The Morgan fingerprint density at radius 3 is 2.32 bits per heavy atom. The van der Waals surface area contributed by atoms with Crippen LogP contribution in [0.1, 0.15) is 27.6 Å². The van der Waals surface area contributed by atoms with E-state index in [1.54, 1.807) is 7.11 Å². The molecule has 19 heavy (non-hydrogen) atoms. The summed E-state index contributed by atoms with van der Waals surface area (Å²) in [5.41, 5.74) is 4.82. The first-order valence-corrected chi connectivity index (χ1v) is 6.88. The second-order valence-electron chi connectivity index (χ2n) is 4.90. The van der Waals surface area contributed by atoms with Crippen LogP contribution < -0.4 is 4.74 Å². The average molecular weight is 275 g/mol. The van der Waals surface area contributed by atoms with Crippen LogP contribution in [-0.2, 0) is 6.42 Å². The molecule has 1 nitrogen and oxygen atoms in total. The molecule has 0 saturated carbocycles. The SMILES string of the molecule is COc1ccccc1CC(Cl)c1cc(C)cc(C)c1. The van der Waals surface area contributed by atoms with Gasteiger partial charge in [0.2, 0.25) is 0 Å². The number of methoxy groups -OCH3 is 1. The maximum Gasteiger partial charge on any atom is 0.122 e. The van der Waals surface area contributed by atoms with Crippen LogP contribution in [0.5, 0.6) is 5.75 Å². The van der Waals surface area contributed by atoms with Crippen LogP contribution >= 0.6 is 11.6 Å². The summed E-state index contributed by atoms with van der Waals surface area (Å²) in [5.74, 6) is 0.900. The molecule has 2 aromatic rings. The minimum Gasteiger partial charge on any atom is -0.496 e. The van der Waals surface area contributed by atoms with Crippen molar-refractivity contribution in [3.05, 3.63) is 64.7 Å². The van der Waals surface area contributed by atoms with Crippen LogP contribution in [0.25, 0.3) is 0 Å². The average Bonchev–Trinajstić information content (AvgIpc) is 2.38. The largest absolute Gasteiger partial charge is 0.496 e.